The van der Waals surface area contributed by atoms with Crippen molar-refractivity contribution >= 4 is 17.6 Å². The summed E-state index contributed by atoms with van der Waals surface area (Å²) in [5.41, 5.74) is 5.07. The second-order valence-electron chi connectivity index (χ2n) is 8.33. The van der Waals surface area contributed by atoms with Gasteiger partial charge in [-0.25, -0.2) is 9.67 Å². The minimum Gasteiger partial charge on any atom is -0.487 e. The predicted octanol–water partition coefficient (Wildman–Crippen LogP) is 3.64. The Bertz CT molecular complexity index is 1030. The number of anilines is 3. The Kier molecular flexibility index (Phi) is 5.85. The molecule has 2 fully saturated rings. The number of nitrogen functional groups attached to an aromatic ring is 1. The fraction of sp³-hybridized carbons (Fsp3) is 0.600. The number of alkyl halides is 3. The Morgan fingerprint density at radius 2 is 2.22 bits per heavy atom. The van der Waals surface area contributed by atoms with Crippen molar-refractivity contribution in [1.29, 1.82) is 5.26 Å². The highest BCUT2D eigenvalue weighted by Gasteiger charge is 2.44. The number of nitrogens with one attached hydrogen (secondary N) is 1. The van der Waals surface area contributed by atoms with E-state index in [4.69, 9.17) is 15.2 Å². The Morgan fingerprint density at radius 1 is 1.44 bits per heavy atom. The van der Waals surface area contributed by atoms with Crippen LogP contribution < -0.4 is 15.8 Å². The number of aromatic nitrogens is 4. The van der Waals surface area contributed by atoms with Gasteiger partial charge >= 0.3 is 6.18 Å². The van der Waals surface area contributed by atoms with Crippen LogP contribution >= 0.6 is 0 Å². The lowest BCUT2D eigenvalue weighted by Crippen LogP contribution is -2.15. The molecule has 1 aliphatic heterocycles. The molecule has 3 N–H and O–H groups in total. The predicted molar refractivity (Wildman–Crippen MR) is 108 cm³/mol. The van der Waals surface area contributed by atoms with E-state index in [9.17, 15) is 18.4 Å². The summed E-state index contributed by atoms with van der Waals surface area (Å²) in [7, 11) is 0. The Labute approximate surface area is 182 Å². The first kappa shape index (κ1) is 22.1. The van der Waals surface area contributed by atoms with Crippen molar-refractivity contribution in [1.82, 2.24) is 19.7 Å². The highest BCUT2D eigenvalue weighted by Crippen LogP contribution is 2.52. The molecule has 2 unspecified atom stereocenters. The number of hydrogen-bond donors (Lipinski definition) is 2. The van der Waals surface area contributed by atoms with E-state index in [-0.39, 0.29) is 29.7 Å². The maximum absolute atomic E-state index is 13.0. The molecule has 0 radical (unpaired) electrons. The summed E-state index contributed by atoms with van der Waals surface area (Å²) >= 11 is 0. The fourth-order valence-electron chi connectivity index (χ4n) is 3.64. The average Bonchev–Trinajstić information content (AvgIpc) is 3.13. The zero-order valence-corrected chi connectivity index (χ0v) is 17.7. The van der Waals surface area contributed by atoms with E-state index < -0.39 is 17.6 Å². The van der Waals surface area contributed by atoms with Crippen LogP contribution in [0, 0.1) is 23.2 Å². The van der Waals surface area contributed by atoms with E-state index in [0.717, 1.165) is 6.42 Å². The number of nitrogens with zero attached hydrogens (tertiary/aromatic N) is 5. The lowest BCUT2D eigenvalue weighted by Gasteiger charge is -2.16. The van der Waals surface area contributed by atoms with Crippen LogP contribution in [0.25, 0.3) is 0 Å². The number of nitriles is 1. The lowest BCUT2D eigenvalue weighted by molar-refractivity contribution is -0.137. The molecule has 0 spiro atoms. The van der Waals surface area contributed by atoms with Crippen LogP contribution in [0.4, 0.5) is 30.8 Å². The molecule has 0 amide bonds. The van der Waals surface area contributed by atoms with Crippen LogP contribution in [0.1, 0.15) is 49.9 Å². The Balaban J connectivity index is 1.69. The van der Waals surface area contributed by atoms with Gasteiger partial charge in [-0.15, -0.1) is 0 Å². The van der Waals surface area contributed by atoms with Crippen molar-refractivity contribution in [3.63, 3.8) is 0 Å². The van der Waals surface area contributed by atoms with E-state index in [2.05, 4.69) is 26.5 Å². The van der Waals surface area contributed by atoms with Crippen LogP contribution in [0.2, 0.25) is 0 Å². The van der Waals surface area contributed by atoms with Gasteiger partial charge in [0, 0.05) is 30.7 Å². The SMILES string of the molecule is CC(C)n1nc([C@H]2CC2C#N)c(OCC2CCOC2)c1Nc1ncc(C(F)(F)F)c(N)n1. The molecule has 32 heavy (non-hydrogen) atoms. The molecule has 12 heteroatoms. The minimum atomic E-state index is -4.65. The first-order valence-electron chi connectivity index (χ1n) is 10.4. The number of rotatable bonds is 7. The molecule has 2 aliphatic rings. The summed E-state index contributed by atoms with van der Waals surface area (Å²) in [4.78, 5) is 7.57. The maximum Gasteiger partial charge on any atom is 0.421 e. The van der Waals surface area contributed by atoms with Crippen LogP contribution in [-0.4, -0.2) is 39.6 Å². The van der Waals surface area contributed by atoms with Crippen molar-refractivity contribution in [3.8, 4) is 11.8 Å². The molecule has 3 heterocycles. The number of halogens is 3. The van der Waals surface area contributed by atoms with Crippen molar-refractivity contribution in [3.05, 3.63) is 17.5 Å². The third kappa shape index (κ3) is 4.43. The molecule has 2 aromatic rings. The van der Waals surface area contributed by atoms with Crippen molar-refractivity contribution in [2.75, 3.05) is 30.9 Å². The van der Waals surface area contributed by atoms with Crippen LogP contribution in [-0.2, 0) is 10.9 Å². The van der Waals surface area contributed by atoms with Gasteiger partial charge in [-0.05, 0) is 26.7 Å². The topological polar surface area (TPSA) is 124 Å². The minimum absolute atomic E-state index is 0.0611. The molecule has 9 nitrogen and oxygen atoms in total. The summed E-state index contributed by atoms with van der Waals surface area (Å²) in [6, 6.07) is 2.15. The maximum atomic E-state index is 13.0. The molecule has 172 valence electrons. The van der Waals surface area contributed by atoms with Crippen molar-refractivity contribution < 1.29 is 22.6 Å². The molecule has 1 aliphatic carbocycles. The fourth-order valence-corrected chi connectivity index (χ4v) is 3.64. The van der Waals surface area contributed by atoms with E-state index >= 15 is 0 Å². The molecule has 1 saturated heterocycles. The van der Waals surface area contributed by atoms with Gasteiger partial charge in [0.15, 0.2) is 11.6 Å². The summed E-state index contributed by atoms with van der Waals surface area (Å²) in [6.45, 7) is 5.49. The summed E-state index contributed by atoms with van der Waals surface area (Å²) in [5, 5.41) is 16.9. The van der Waals surface area contributed by atoms with E-state index in [1.54, 1.807) is 4.68 Å². The van der Waals surface area contributed by atoms with Gasteiger partial charge in [-0.3, -0.25) is 0 Å². The molecule has 4 rings (SSSR count). The van der Waals surface area contributed by atoms with Gasteiger partial charge in [0.25, 0.3) is 0 Å². The lowest BCUT2D eigenvalue weighted by atomic mass is 10.1. The van der Waals surface area contributed by atoms with E-state index in [0.29, 0.717) is 49.7 Å². The first-order valence-corrected chi connectivity index (χ1v) is 10.4. The van der Waals surface area contributed by atoms with E-state index in [1.165, 1.54) is 0 Å². The standard InChI is InChI=1S/C20H24F3N7O2/c1-10(2)30-18(28-19-26-7-14(17(25)27-19)20(21,22)23)16(32-9-11-3-4-31-8-11)15(29-30)13-5-12(13)6-24/h7,10-13H,3-5,8-9H2,1-2H3,(H3,25,26,27,28)/t11?,12?,13-/m0/s1. The third-order valence-electron chi connectivity index (χ3n) is 5.53. The van der Waals surface area contributed by atoms with Gasteiger partial charge in [0.05, 0.1) is 25.2 Å². The van der Waals surface area contributed by atoms with Gasteiger partial charge < -0.3 is 20.5 Å². The number of nitrogens with two attached hydrogens (primary N) is 1. The second-order valence-corrected chi connectivity index (χ2v) is 8.33. The molecule has 0 aromatic carbocycles. The molecule has 2 aromatic heterocycles. The normalized spacial score (nSPS) is 22.7. The highest BCUT2D eigenvalue weighted by molar-refractivity contribution is 5.63. The summed E-state index contributed by atoms with van der Waals surface area (Å²) < 4.78 is 52.3. The highest BCUT2D eigenvalue weighted by atomic mass is 19.4. The molecule has 0 bridgehead atoms. The Hall–Kier alpha value is -3.07. The average molecular weight is 451 g/mol. The molecular weight excluding hydrogens is 427 g/mol. The van der Waals surface area contributed by atoms with Crippen LogP contribution in [0.15, 0.2) is 6.20 Å². The zero-order valence-electron chi connectivity index (χ0n) is 17.7. The number of ether oxygens (including phenoxy) is 2. The van der Waals surface area contributed by atoms with Gasteiger partial charge in [0.2, 0.25) is 5.95 Å². The molecule has 3 atom stereocenters. The van der Waals surface area contributed by atoms with Crippen molar-refractivity contribution in [2.45, 2.75) is 44.8 Å². The van der Waals surface area contributed by atoms with Gasteiger partial charge in [0.1, 0.15) is 17.1 Å². The third-order valence-corrected chi connectivity index (χ3v) is 5.53. The second kappa shape index (κ2) is 8.46. The van der Waals surface area contributed by atoms with E-state index in [1.807, 2.05) is 13.8 Å². The Morgan fingerprint density at radius 3 is 2.78 bits per heavy atom. The number of hydrogen-bond acceptors (Lipinski definition) is 8. The quantitative estimate of drug-likeness (QED) is 0.654. The summed E-state index contributed by atoms with van der Waals surface area (Å²) in [5.74, 6) is 0.102. The van der Waals surface area contributed by atoms with Crippen LogP contribution in [0.5, 0.6) is 5.75 Å². The monoisotopic (exact) mass is 451 g/mol. The zero-order chi connectivity index (χ0) is 23.0. The smallest absolute Gasteiger partial charge is 0.421 e. The molecule has 1 saturated carbocycles. The molecular formula is C20H24F3N7O2. The largest absolute Gasteiger partial charge is 0.487 e. The summed E-state index contributed by atoms with van der Waals surface area (Å²) in [6.07, 6.45) is -2.45. The van der Waals surface area contributed by atoms with Crippen LogP contribution in [0.3, 0.4) is 0 Å². The van der Waals surface area contributed by atoms with Gasteiger partial charge in [-0.1, -0.05) is 0 Å². The first-order chi connectivity index (χ1) is 15.2. The van der Waals surface area contributed by atoms with Gasteiger partial charge in [-0.2, -0.15) is 28.5 Å². The van der Waals surface area contributed by atoms with Crippen molar-refractivity contribution in [2.24, 2.45) is 11.8 Å².